The first-order valence-corrected chi connectivity index (χ1v) is 5.69. The van der Waals surface area contributed by atoms with Gasteiger partial charge < -0.3 is 10.4 Å². The number of alkyl halides is 1. The second kappa shape index (κ2) is 5.75. The highest BCUT2D eigenvalue weighted by molar-refractivity contribution is 9.09. The van der Waals surface area contributed by atoms with Crippen LogP contribution in [0.4, 0.5) is 0 Å². The van der Waals surface area contributed by atoms with Gasteiger partial charge in [-0.1, -0.05) is 41.1 Å². The minimum Gasteiger partial charge on any atom is -0.508 e. The summed E-state index contributed by atoms with van der Waals surface area (Å²) in [7, 11) is 0. The number of para-hydroxylation sites is 1. The van der Waals surface area contributed by atoms with Gasteiger partial charge in [0.15, 0.2) is 0 Å². The van der Waals surface area contributed by atoms with E-state index in [9.17, 15) is 9.90 Å². The van der Waals surface area contributed by atoms with E-state index in [2.05, 4.69) is 21.2 Å². The molecule has 0 bridgehead atoms. The van der Waals surface area contributed by atoms with Gasteiger partial charge in [-0.05, 0) is 6.07 Å². The van der Waals surface area contributed by atoms with Crippen molar-refractivity contribution < 1.29 is 9.90 Å². The Morgan fingerprint density at radius 3 is 2.80 bits per heavy atom. The molecule has 1 aromatic carbocycles. The van der Waals surface area contributed by atoms with E-state index in [0.29, 0.717) is 12.1 Å². The SMILES string of the molecule is CC(Br)CNC(=O)Cc1ccccc1O. The normalized spacial score (nSPS) is 12.1. The van der Waals surface area contributed by atoms with Gasteiger partial charge in [0.2, 0.25) is 5.91 Å². The average Bonchev–Trinajstić information content (AvgIpc) is 2.18. The summed E-state index contributed by atoms with van der Waals surface area (Å²) in [6.45, 7) is 2.55. The van der Waals surface area contributed by atoms with Gasteiger partial charge in [-0.25, -0.2) is 0 Å². The summed E-state index contributed by atoms with van der Waals surface area (Å²) in [6.07, 6.45) is 0.215. The van der Waals surface area contributed by atoms with Crippen molar-refractivity contribution in [2.24, 2.45) is 0 Å². The molecule has 0 heterocycles. The Morgan fingerprint density at radius 2 is 2.20 bits per heavy atom. The Hall–Kier alpha value is -1.03. The number of aromatic hydroxyl groups is 1. The average molecular weight is 272 g/mol. The van der Waals surface area contributed by atoms with E-state index in [0.717, 1.165) is 0 Å². The van der Waals surface area contributed by atoms with Crippen LogP contribution in [-0.2, 0) is 11.2 Å². The Morgan fingerprint density at radius 1 is 1.53 bits per heavy atom. The molecule has 0 saturated heterocycles. The van der Waals surface area contributed by atoms with Crippen LogP contribution in [0, 0.1) is 0 Å². The van der Waals surface area contributed by atoms with E-state index >= 15 is 0 Å². The number of phenolic OH excluding ortho intramolecular Hbond substituents is 1. The second-order valence-electron chi connectivity index (χ2n) is 3.39. The number of carbonyl (C=O) groups excluding carboxylic acids is 1. The Balaban J connectivity index is 2.48. The molecule has 0 aliphatic heterocycles. The molecule has 1 rings (SSSR count). The minimum absolute atomic E-state index is 0.0807. The maximum absolute atomic E-state index is 11.4. The first kappa shape index (κ1) is 12.0. The fourth-order valence-corrected chi connectivity index (χ4v) is 1.31. The Labute approximate surface area is 97.6 Å². The lowest BCUT2D eigenvalue weighted by molar-refractivity contribution is -0.120. The number of halogens is 1. The van der Waals surface area contributed by atoms with Crippen molar-refractivity contribution >= 4 is 21.8 Å². The first-order valence-electron chi connectivity index (χ1n) is 4.77. The topological polar surface area (TPSA) is 49.3 Å². The highest BCUT2D eigenvalue weighted by atomic mass is 79.9. The van der Waals surface area contributed by atoms with Gasteiger partial charge in [-0.3, -0.25) is 4.79 Å². The lowest BCUT2D eigenvalue weighted by Crippen LogP contribution is -2.29. The summed E-state index contributed by atoms with van der Waals surface area (Å²) in [5, 5.41) is 12.2. The van der Waals surface area contributed by atoms with Crippen molar-refractivity contribution in [3.63, 3.8) is 0 Å². The summed E-state index contributed by atoms with van der Waals surface area (Å²) in [6, 6.07) is 6.86. The number of hydrogen-bond donors (Lipinski definition) is 2. The fourth-order valence-electron chi connectivity index (χ4n) is 1.15. The molecule has 0 spiro atoms. The maximum atomic E-state index is 11.4. The van der Waals surface area contributed by atoms with Crippen molar-refractivity contribution in [3.05, 3.63) is 29.8 Å². The van der Waals surface area contributed by atoms with Gasteiger partial charge >= 0.3 is 0 Å². The molecule has 4 heteroatoms. The lowest BCUT2D eigenvalue weighted by atomic mass is 10.1. The molecule has 0 aliphatic carbocycles. The molecule has 0 aromatic heterocycles. The maximum Gasteiger partial charge on any atom is 0.224 e. The van der Waals surface area contributed by atoms with Crippen LogP contribution in [-0.4, -0.2) is 22.4 Å². The molecule has 1 aromatic rings. The second-order valence-corrected chi connectivity index (χ2v) is 4.95. The summed E-state index contributed by atoms with van der Waals surface area (Å²) in [5.41, 5.74) is 0.650. The van der Waals surface area contributed by atoms with E-state index in [-0.39, 0.29) is 22.9 Å². The van der Waals surface area contributed by atoms with E-state index < -0.39 is 0 Å². The molecule has 0 radical (unpaired) electrons. The van der Waals surface area contributed by atoms with Gasteiger partial charge in [0.25, 0.3) is 0 Å². The summed E-state index contributed by atoms with van der Waals surface area (Å²) in [5.74, 6) is 0.0855. The number of phenols is 1. The van der Waals surface area contributed by atoms with Crippen LogP contribution < -0.4 is 5.32 Å². The molecule has 0 aliphatic rings. The summed E-state index contributed by atoms with van der Waals surface area (Å²) < 4.78 is 0. The Bertz CT molecular complexity index is 339. The van der Waals surface area contributed by atoms with Crippen molar-refractivity contribution in [3.8, 4) is 5.75 Å². The van der Waals surface area contributed by atoms with Crippen LogP contribution in [0.15, 0.2) is 24.3 Å². The van der Waals surface area contributed by atoms with Crippen LogP contribution in [0.3, 0.4) is 0 Å². The molecule has 15 heavy (non-hydrogen) atoms. The van der Waals surface area contributed by atoms with Crippen molar-refractivity contribution in [2.45, 2.75) is 18.2 Å². The highest BCUT2D eigenvalue weighted by Gasteiger charge is 2.07. The molecule has 2 N–H and O–H groups in total. The molecular formula is C11H14BrNO2. The molecule has 1 amide bonds. The molecule has 82 valence electrons. The van der Waals surface area contributed by atoms with Crippen LogP contribution in [0.5, 0.6) is 5.75 Å². The molecule has 3 nitrogen and oxygen atoms in total. The van der Waals surface area contributed by atoms with E-state index in [1.807, 2.05) is 6.92 Å². The van der Waals surface area contributed by atoms with Gasteiger partial charge in [0, 0.05) is 16.9 Å². The predicted molar refractivity (Wildman–Crippen MR) is 63.2 cm³/mol. The van der Waals surface area contributed by atoms with Gasteiger partial charge in [-0.15, -0.1) is 0 Å². The monoisotopic (exact) mass is 271 g/mol. The summed E-state index contributed by atoms with van der Waals surface area (Å²) >= 11 is 3.34. The van der Waals surface area contributed by atoms with Crippen LogP contribution >= 0.6 is 15.9 Å². The van der Waals surface area contributed by atoms with Crippen LogP contribution in [0.2, 0.25) is 0 Å². The quantitative estimate of drug-likeness (QED) is 0.821. The number of hydrogen-bond acceptors (Lipinski definition) is 2. The molecule has 1 atom stereocenters. The van der Waals surface area contributed by atoms with Gasteiger partial charge in [0.05, 0.1) is 6.42 Å². The van der Waals surface area contributed by atoms with Gasteiger partial charge in [0.1, 0.15) is 5.75 Å². The standard InChI is InChI=1S/C11H14BrNO2/c1-8(12)7-13-11(15)6-9-4-2-3-5-10(9)14/h2-5,8,14H,6-7H2,1H3,(H,13,15). The van der Waals surface area contributed by atoms with Crippen LogP contribution in [0.25, 0.3) is 0 Å². The zero-order valence-corrected chi connectivity index (χ0v) is 10.1. The highest BCUT2D eigenvalue weighted by Crippen LogP contribution is 2.15. The zero-order chi connectivity index (χ0) is 11.3. The third-order valence-corrected chi connectivity index (χ3v) is 2.25. The van der Waals surface area contributed by atoms with Gasteiger partial charge in [-0.2, -0.15) is 0 Å². The fraction of sp³-hybridized carbons (Fsp3) is 0.364. The van der Waals surface area contributed by atoms with E-state index in [1.54, 1.807) is 24.3 Å². The number of nitrogens with one attached hydrogen (secondary N) is 1. The third kappa shape index (κ3) is 4.34. The summed E-state index contributed by atoms with van der Waals surface area (Å²) in [4.78, 5) is 11.7. The lowest BCUT2D eigenvalue weighted by Gasteiger charge is -2.07. The smallest absolute Gasteiger partial charge is 0.224 e. The Kier molecular flexibility index (Phi) is 4.62. The number of rotatable bonds is 4. The molecular weight excluding hydrogens is 258 g/mol. The van der Waals surface area contributed by atoms with E-state index in [4.69, 9.17) is 0 Å². The minimum atomic E-state index is -0.0807. The third-order valence-electron chi connectivity index (χ3n) is 1.92. The van der Waals surface area contributed by atoms with Crippen molar-refractivity contribution in [1.82, 2.24) is 5.32 Å². The number of benzene rings is 1. The number of carbonyl (C=O) groups is 1. The largest absolute Gasteiger partial charge is 0.508 e. The van der Waals surface area contributed by atoms with Crippen molar-refractivity contribution in [2.75, 3.05) is 6.54 Å². The predicted octanol–water partition coefficient (Wildman–Crippen LogP) is 1.83. The first-order chi connectivity index (χ1) is 7.09. The van der Waals surface area contributed by atoms with Crippen LogP contribution in [0.1, 0.15) is 12.5 Å². The van der Waals surface area contributed by atoms with Crippen molar-refractivity contribution in [1.29, 1.82) is 0 Å². The molecule has 1 unspecified atom stereocenters. The van der Waals surface area contributed by atoms with E-state index in [1.165, 1.54) is 0 Å². The number of amides is 1. The zero-order valence-electron chi connectivity index (χ0n) is 8.53. The molecule has 0 fully saturated rings. The molecule has 0 saturated carbocycles.